The van der Waals surface area contributed by atoms with Crippen molar-refractivity contribution < 1.29 is 27.1 Å². The van der Waals surface area contributed by atoms with Crippen LogP contribution < -0.4 is 5.32 Å². The number of nitrogens with one attached hydrogen (secondary N) is 1. The fraction of sp³-hybridized carbons (Fsp3) is 0.300. The lowest BCUT2D eigenvalue weighted by atomic mass is 10.1. The van der Waals surface area contributed by atoms with Crippen LogP contribution in [0.1, 0.15) is 17.2 Å². The number of rotatable bonds is 1. The standard InChI is InChI=1S/C10H7F4NO2/c11-7-2-1-5(10(12,13)14)3-6(7)8-4-15-9(16)17-8/h1-3,8H,4H2,(H,15,16). The molecule has 1 unspecified atom stereocenters. The monoisotopic (exact) mass is 249 g/mol. The third-order valence-corrected chi connectivity index (χ3v) is 2.35. The zero-order chi connectivity index (χ0) is 12.6. The lowest BCUT2D eigenvalue weighted by Gasteiger charge is -2.12. The van der Waals surface area contributed by atoms with Crippen molar-refractivity contribution in [1.82, 2.24) is 5.32 Å². The largest absolute Gasteiger partial charge is 0.439 e. The molecule has 1 amide bonds. The first-order valence-electron chi connectivity index (χ1n) is 4.69. The molecule has 2 rings (SSSR count). The number of hydrogen-bond donors (Lipinski definition) is 1. The number of alkyl halides is 3. The number of amides is 1. The van der Waals surface area contributed by atoms with Gasteiger partial charge in [-0.1, -0.05) is 0 Å². The second-order valence-electron chi connectivity index (χ2n) is 3.51. The molecule has 0 bridgehead atoms. The minimum absolute atomic E-state index is 0.0446. The highest BCUT2D eigenvalue weighted by Crippen LogP contribution is 2.33. The topological polar surface area (TPSA) is 38.3 Å². The lowest BCUT2D eigenvalue weighted by Crippen LogP contribution is -2.13. The Kier molecular flexibility index (Phi) is 2.68. The zero-order valence-corrected chi connectivity index (χ0v) is 8.34. The SMILES string of the molecule is O=C1NCC(c2cc(C(F)(F)F)ccc2F)O1. The first-order chi connectivity index (χ1) is 7.88. The highest BCUT2D eigenvalue weighted by atomic mass is 19.4. The van der Waals surface area contributed by atoms with Gasteiger partial charge in [-0.15, -0.1) is 0 Å². The molecule has 0 spiro atoms. The smallest absolute Gasteiger partial charge is 0.416 e. The fourth-order valence-corrected chi connectivity index (χ4v) is 1.53. The van der Waals surface area contributed by atoms with Crippen LogP contribution in [-0.2, 0) is 10.9 Å². The van der Waals surface area contributed by atoms with Crippen molar-refractivity contribution in [2.75, 3.05) is 6.54 Å². The first kappa shape index (κ1) is 11.7. The molecule has 0 aliphatic carbocycles. The molecule has 3 nitrogen and oxygen atoms in total. The fourth-order valence-electron chi connectivity index (χ4n) is 1.53. The van der Waals surface area contributed by atoms with Crippen LogP contribution in [0.4, 0.5) is 22.4 Å². The number of alkyl carbamates (subject to hydrolysis) is 1. The van der Waals surface area contributed by atoms with Crippen LogP contribution in [0.2, 0.25) is 0 Å². The van der Waals surface area contributed by atoms with Gasteiger partial charge >= 0.3 is 12.3 Å². The molecule has 17 heavy (non-hydrogen) atoms. The molecule has 92 valence electrons. The van der Waals surface area contributed by atoms with E-state index in [4.69, 9.17) is 0 Å². The molecule has 1 N–H and O–H groups in total. The molecule has 0 aromatic heterocycles. The van der Waals surface area contributed by atoms with Crippen molar-refractivity contribution in [2.24, 2.45) is 0 Å². The van der Waals surface area contributed by atoms with Crippen LogP contribution in [0.5, 0.6) is 0 Å². The lowest BCUT2D eigenvalue weighted by molar-refractivity contribution is -0.137. The summed E-state index contributed by atoms with van der Waals surface area (Å²) in [4.78, 5) is 10.7. The Bertz CT molecular complexity index is 458. The average Bonchev–Trinajstić information content (AvgIpc) is 2.63. The van der Waals surface area contributed by atoms with E-state index in [0.29, 0.717) is 18.2 Å². The van der Waals surface area contributed by atoms with Crippen molar-refractivity contribution in [3.63, 3.8) is 0 Å². The van der Waals surface area contributed by atoms with Gasteiger partial charge < -0.3 is 10.1 Å². The van der Waals surface area contributed by atoms with Crippen LogP contribution in [-0.4, -0.2) is 12.6 Å². The van der Waals surface area contributed by atoms with Gasteiger partial charge in [0.05, 0.1) is 12.1 Å². The second kappa shape index (κ2) is 3.90. The number of cyclic esters (lactones) is 1. The predicted molar refractivity (Wildman–Crippen MR) is 48.6 cm³/mol. The van der Waals surface area contributed by atoms with E-state index in [1.54, 1.807) is 0 Å². The van der Waals surface area contributed by atoms with E-state index in [0.717, 1.165) is 0 Å². The van der Waals surface area contributed by atoms with Crippen molar-refractivity contribution in [2.45, 2.75) is 12.3 Å². The molecule has 1 fully saturated rings. The zero-order valence-electron chi connectivity index (χ0n) is 8.34. The van der Waals surface area contributed by atoms with Gasteiger partial charge in [0.25, 0.3) is 0 Å². The summed E-state index contributed by atoms with van der Waals surface area (Å²) in [6.07, 6.45) is -6.35. The summed E-state index contributed by atoms with van der Waals surface area (Å²) >= 11 is 0. The summed E-state index contributed by atoms with van der Waals surface area (Å²) in [7, 11) is 0. The Hall–Kier alpha value is -1.79. The van der Waals surface area contributed by atoms with Gasteiger partial charge in [-0.3, -0.25) is 0 Å². The van der Waals surface area contributed by atoms with E-state index in [9.17, 15) is 22.4 Å². The molecule has 7 heteroatoms. The third-order valence-electron chi connectivity index (χ3n) is 2.35. The van der Waals surface area contributed by atoms with Gasteiger partial charge in [-0.2, -0.15) is 13.2 Å². The molecule has 0 radical (unpaired) electrons. The maximum atomic E-state index is 13.4. The summed E-state index contributed by atoms with van der Waals surface area (Å²) < 4.78 is 55.2. The molecule has 0 saturated carbocycles. The Morgan fingerprint density at radius 2 is 2.06 bits per heavy atom. The van der Waals surface area contributed by atoms with Crippen molar-refractivity contribution >= 4 is 6.09 Å². The number of hydrogen-bond acceptors (Lipinski definition) is 2. The van der Waals surface area contributed by atoms with E-state index in [2.05, 4.69) is 10.1 Å². The Morgan fingerprint density at radius 1 is 1.35 bits per heavy atom. The number of ether oxygens (including phenoxy) is 1. The molecule has 1 aliphatic heterocycles. The van der Waals surface area contributed by atoms with Gasteiger partial charge in [-0.25, -0.2) is 9.18 Å². The van der Waals surface area contributed by atoms with Crippen LogP contribution in [0.15, 0.2) is 18.2 Å². The Balaban J connectivity index is 2.36. The van der Waals surface area contributed by atoms with Crippen LogP contribution >= 0.6 is 0 Å². The number of carbonyl (C=O) groups is 1. The number of benzene rings is 1. The average molecular weight is 249 g/mol. The molecule has 1 aromatic carbocycles. The van der Waals surface area contributed by atoms with E-state index >= 15 is 0 Å². The van der Waals surface area contributed by atoms with E-state index in [-0.39, 0.29) is 12.1 Å². The van der Waals surface area contributed by atoms with Gasteiger partial charge in [0, 0.05) is 5.56 Å². The summed E-state index contributed by atoms with van der Waals surface area (Å²) in [5.74, 6) is -0.834. The van der Waals surface area contributed by atoms with E-state index in [1.165, 1.54) is 0 Å². The summed E-state index contributed by atoms with van der Waals surface area (Å²) in [6.45, 7) is -0.0446. The quantitative estimate of drug-likeness (QED) is 0.777. The maximum absolute atomic E-state index is 13.4. The molecule has 1 heterocycles. The molecular formula is C10H7F4NO2. The highest BCUT2D eigenvalue weighted by molar-refractivity contribution is 5.69. The van der Waals surface area contributed by atoms with Crippen molar-refractivity contribution in [1.29, 1.82) is 0 Å². The number of carbonyl (C=O) groups excluding carboxylic acids is 1. The Labute approximate surface area is 93.4 Å². The molecule has 1 aliphatic rings. The number of halogens is 4. The van der Waals surface area contributed by atoms with Gasteiger partial charge in [-0.05, 0) is 18.2 Å². The maximum Gasteiger partial charge on any atom is 0.416 e. The Morgan fingerprint density at radius 3 is 2.59 bits per heavy atom. The molecule has 1 saturated heterocycles. The van der Waals surface area contributed by atoms with Gasteiger partial charge in [0.1, 0.15) is 11.9 Å². The third kappa shape index (κ3) is 2.32. The van der Waals surface area contributed by atoms with Crippen LogP contribution in [0.25, 0.3) is 0 Å². The minimum atomic E-state index is -4.56. The van der Waals surface area contributed by atoms with E-state index in [1.807, 2.05) is 0 Å². The van der Waals surface area contributed by atoms with Gasteiger partial charge in [0.2, 0.25) is 0 Å². The van der Waals surface area contributed by atoms with Crippen LogP contribution in [0, 0.1) is 5.82 Å². The van der Waals surface area contributed by atoms with Crippen molar-refractivity contribution in [3.05, 3.63) is 35.1 Å². The first-order valence-corrected chi connectivity index (χ1v) is 4.69. The highest BCUT2D eigenvalue weighted by Gasteiger charge is 2.34. The molecule has 1 atom stereocenters. The minimum Gasteiger partial charge on any atom is -0.439 e. The summed E-state index contributed by atoms with van der Waals surface area (Å²) in [6, 6.07) is 2.01. The summed E-state index contributed by atoms with van der Waals surface area (Å²) in [5, 5.41) is 2.24. The summed E-state index contributed by atoms with van der Waals surface area (Å²) in [5.41, 5.74) is -1.25. The van der Waals surface area contributed by atoms with E-state index < -0.39 is 29.8 Å². The predicted octanol–water partition coefficient (Wildman–Crippen LogP) is 2.63. The van der Waals surface area contributed by atoms with Crippen molar-refractivity contribution in [3.8, 4) is 0 Å². The molecule has 1 aromatic rings. The van der Waals surface area contributed by atoms with Gasteiger partial charge in [0.15, 0.2) is 0 Å². The second-order valence-corrected chi connectivity index (χ2v) is 3.51. The normalized spacial score (nSPS) is 20.0. The molecular weight excluding hydrogens is 242 g/mol. The van der Waals surface area contributed by atoms with Crippen LogP contribution in [0.3, 0.4) is 0 Å².